The quantitative estimate of drug-likeness (QED) is 0.748. The molecule has 0 bridgehead atoms. The van der Waals surface area contributed by atoms with Crippen LogP contribution in [0.15, 0.2) is 41.0 Å². The van der Waals surface area contributed by atoms with Crippen LogP contribution in [0.3, 0.4) is 0 Å². The van der Waals surface area contributed by atoms with Crippen molar-refractivity contribution in [3.8, 4) is 0 Å². The average molecular weight is 379 g/mol. The van der Waals surface area contributed by atoms with Gasteiger partial charge in [-0.2, -0.15) is 0 Å². The lowest BCUT2D eigenvalue weighted by molar-refractivity contribution is -0.141. The predicted octanol–water partition coefficient (Wildman–Crippen LogP) is 3.80. The summed E-state index contributed by atoms with van der Waals surface area (Å²) in [4.78, 5) is 31.1. The largest absolute Gasteiger partial charge is 0.462 e. The fourth-order valence-corrected chi connectivity index (χ4v) is 3.88. The number of fused-ring (bicyclic) bond motifs is 1. The monoisotopic (exact) mass is 378 g/mol. The van der Waals surface area contributed by atoms with Gasteiger partial charge in [0.2, 0.25) is 5.91 Å². The second-order valence-corrected chi connectivity index (χ2v) is 7.74. The third-order valence-electron chi connectivity index (χ3n) is 3.87. The van der Waals surface area contributed by atoms with Gasteiger partial charge >= 0.3 is 5.97 Å². The van der Waals surface area contributed by atoms with Crippen molar-refractivity contribution < 1.29 is 14.3 Å². The van der Waals surface area contributed by atoms with E-state index in [2.05, 4.69) is 4.99 Å². The molecule has 3 rings (SSSR count). The Bertz CT molecular complexity index is 760. The highest BCUT2D eigenvalue weighted by molar-refractivity contribution is 8.14. The summed E-state index contributed by atoms with van der Waals surface area (Å²) in [6.45, 7) is 4.24. The summed E-state index contributed by atoms with van der Waals surface area (Å²) in [5.74, 6) is 0.373. The second-order valence-electron chi connectivity index (χ2n) is 6.27. The van der Waals surface area contributed by atoms with Crippen LogP contribution in [0.4, 0.5) is 0 Å². The third-order valence-corrected chi connectivity index (χ3v) is 5.18. The van der Waals surface area contributed by atoms with Crippen LogP contribution in [0.2, 0.25) is 5.02 Å². The zero-order valence-corrected chi connectivity index (χ0v) is 15.6. The number of carbonyl (C=O) groups is 2. The molecular formula is C18H19ClN2O3S. The fraction of sp³-hybridized carbons (Fsp3) is 0.389. The fourth-order valence-electron chi connectivity index (χ4n) is 2.71. The maximum Gasteiger partial charge on any atom is 0.338 e. The summed E-state index contributed by atoms with van der Waals surface area (Å²) in [7, 11) is 0. The van der Waals surface area contributed by atoms with Gasteiger partial charge in [-0.25, -0.2) is 9.79 Å². The molecule has 25 heavy (non-hydrogen) atoms. The molecule has 7 heteroatoms. The van der Waals surface area contributed by atoms with Gasteiger partial charge in [0, 0.05) is 23.4 Å². The molecule has 2 aliphatic heterocycles. The molecule has 0 radical (unpaired) electrons. The molecular weight excluding hydrogens is 360 g/mol. The lowest BCUT2D eigenvalue weighted by Crippen LogP contribution is -2.45. The molecule has 2 aliphatic rings. The number of thioether (sulfide) groups is 1. The predicted molar refractivity (Wildman–Crippen MR) is 99.4 cm³/mol. The Kier molecular flexibility index (Phi) is 5.49. The van der Waals surface area contributed by atoms with E-state index in [0.29, 0.717) is 40.1 Å². The van der Waals surface area contributed by atoms with Crippen molar-refractivity contribution in [3.05, 3.63) is 46.6 Å². The zero-order valence-electron chi connectivity index (χ0n) is 14.1. The van der Waals surface area contributed by atoms with Crippen molar-refractivity contribution in [3.63, 3.8) is 0 Å². The van der Waals surface area contributed by atoms with Gasteiger partial charge in [0.05, 0.1) is 18.2 Å². The molecule has 0 N–H and O–H groups in total. The maximum atomic E-state index is 12.6. The number of ether oxygens (including phenoxy) is 1. The van der Waals surface area contributed by atoms with Crippen LogP contribution in [-0.2, 0) is 14.3 Å². The van der Waals surface area contributed by atoms with E-state index in [0.717, 1.165) is 0 Å². The number of amides is 1. The Morgan fingerprint density at radius 1 is 1.44 bits per heavy atom. The maximum absolute atomic E-state index is 12.6. The van der Waals surface area contributed by atoms with Gasteiger partial charge in [-0.3, -0.25) is 9.69 Å². The summed E-state index contributed by atoms with van der Waals surface area (Å²) in [5, 5.41) is 1.10. The van der Waals surface area contributed by atoms with Crippen molar-refractivity contribution in [2.24, 2.45) is 10.9 Å². The number of hydrogen-bond donors (Lipinski definition) is 0. The van der Waals surface area contributed by atoms with Crippen molar-refractivity contribution in [1.82, 2.24) is 4.90 Å². The van der Waals surface area contributed by atoms with Crippen LogP contribution >= 0.6 is 23.4 Å². The second kappa shape index (κ2) is 7.62. The number of amidine groups is 1. The Morgan fingerprint density at radius 3 is 2.92 bits per heavy atom. The topological polar surface area (TPSA) is 59.0 Å². The minimum absolute atomic E-state index is 0.0651. The zero-order chi connectivity index (χ0) is 18.0. The van der Waals surface area contributed by atoms with Crippen LogP contribution in [0, 0.1) is 5.92 Å². The Labute approximate surface area is 156 Å². The number of hydrogen-bond acceptors (Lipinski definition) is 5. The number of halogens is 1. The Morgan fingerprint density at radius 2 is 2.20 bits per heavy atom. The van der Waals surface area contributed by atoms with Gasteiger partial charge in [0.15, 0.2) is 5.17 Å². The van der Waals surface area contributed by atoms with E-state index >= 15 is 0 Å². The molecule has 5 nitrogen and oxygen atoms in total. The van der Waals surface area contributed by atoms with Gasteiger partial charge in [-0.15, -0.1) is 0 Å². The van der Waals surface area contributed by atoms with E-state index in [-0.39, 0.29) is 11.8 Å². The first-order chi connectivity index (χ1) is 12.0. The first-order valence-corrected chi connectivity index (χ1v) is 9.49. The normalized spacial score (nSPS) is 20.1. The Balaban J connectivity index is 2.02. The van der Waals surface area contributed by atoms with E-state index in [9.17, 15) is 9.59 Å². The molecule has 1 aromatic rings. The summed E-state index contributed by atoms with van der Waals surface area (Å²) < 4.78 is 5.39. The molecule has 0 spiro atoms. The van der Waals surface area contributed by atoms with E-state index in [1.807, 2.05) is 32.0 Å². The number of aliphatic imine (C=N–C) groups is 1. The van der Waals surface area contributed by atoms with Crippen LogP contribution < -0.4 is 0 Å². The van der Waals surface area contributed by atoms with Gasteiger partial charge in [-0.05, 0) is 17.5 Å². The lowest BCUT2D eigenvalue weighted by atomic mass is 9.96. The lowest BCUT2D eigenvalue weighted by Gasteiger charge is -2.38. The first-order valence-electron chi connectivity index (χ1n) is 8.13. The van der Waals surface area contributed by atoms with Gasteiger partial charge in [0.25, 0.3) is 0 Å². The average Bonchev–Trinajstić information content (AvgIpc) is 2.59. The van der Waals surface area contributed by atoms with E-state index in [1.165, 1.54) is 18.0 Å². The van der Waals surface area contributed by atoms with Gasteiger partial charge in [0.1, 0.15) is 0 Å². The minimum atomic E-state index is -0.610. The molecule has 1 unspecified atom stereocenters. The highest BCUT2D eigenvalue weighted by Gasteiger charge is 2.40. The number of nitrogens with zero attached hydrogens (tertiary/aromatic N) is 2. The summed E-state index contributed by atoms with van der Waals surface area (Å²) in [6, 6.07) is 6.62. The highest BCUT2D eigenvalue weighted by Crippen LogP contribution is 2.40. The van der Waals surface area contributed by atoms with E-state index in [4.69, 9.17) is 16.3 Å². The number of esters is 1. The molecule has 1 aromatic carbocycles. The molecule has 0 saturated carbocycles. The van der Waals surface area contributed by atoms with E-state index in [1.54, 1.807) is 11.0 Å². The van der Waals surface area contributed by atoms with E-state index < -0.39 is 12.0 Å². The molecule has 1 amide bonds. The Hall–Kier alpha value is -1.79. The summed E-state index contributed by atoms with van der Waals surface area (Å²) in [5.41, 5.74) is 1.02. The minimum Gasteiger partial charge on any atom is -0.462 e. The standard InChI is InChI=1S/C18H19ClN2O3S/c1-11(2)10-24-17(23)13-9-20-18-21(15(22)7-8-25-18)16(13)12-5-3-4-6-14(12)19/h3-6,9,11,16H,7-8,10H2,1-2H3. The first kappa shape index (κ1) is 18.0. The molecule has 1 saturated heterocycles. The van der Waals surface area contributed by atoms with Crippen LogP contribution in [0.5, 0.6) is 0 Å². The SMILES string of the molecule is CC(C)COC(=O)C1=CN=C2SCCC(=O)N2C1c1ccccc1Cl. The van der Waals surface area contributed by atoms with Crippen LogP contribution in [0.25, 0.3) is 0 Å². The van der Waals surface area contributed by atoms with Crippen molar-refractivity contribution in [1.29, 1.82) is 0 Å². The molecule has 1 fully saturated rings. The van der Waals surface area contributed by atoms with Crippen LogP contribution in [-0.4, -0.2) is 34.3 Å². The van der Waals surface area contributed by atoms with Crippen molar-refractivity contribution in [2.75, 3.05) is 12.4 Å². The smallest absolute Gasteiger partial charge is 0.338 e. The third kappa shape index (κ3) is 3.75. The number of carbonyl (C=O) groups excluding carboxylic acids is 2. The molecule has 0 aliphatic carbocycles. The molecule has 0 aromatic heterocycles. The summed E-state index contributed by atoms with van der Waals surface area (Å²) in [6.07, 6.45) is 1.91. The van der Waals surface area contributed by atoms with Crippen molar-refractivity contribution in [2.45, 2.75) is 26.3 Å². The van der Waals surface area contributed by atoms with Crippen LogP contribution in [0.1, 0.15) is 31.9 Å². The summed E-state index contributed by atoms with van der Waals surface area (Å²) >= 11 is 7.87. The van der Waals surface area contributed by atoms with Gasteiger partial charge < -0.3 is 4.74 Å². The molecule has 2 heterocycles. The highest BCUT2D eigenvalue weighted by atomic mass is 35.5. The number of benzene rings is 1. The molecule has 132 valence electrons. The van der Waals surface area contributed by atoms with Gasteiger partial charge in [-0.1, -0.05) is 55.4 Å². The molecule has 1 atom stereocenters. The van der Waals surface area contributed by atoms with Crippen molar-refractivity contribution >= 4 is 40.4 Å². The number of rotatable bonds is 4.